The van der Waals surface area contributed by atoms with E-state index in [4.69, 9.17) is 4.74 Å². The fourth-order valence-corrected chi connectivity index (χ4v) is 2.59. The summed E-state index contributed by atoms with van der Waals surface area (Å²) in [7, 11) is 0. The van der Waals surface area contributed by atoms with Crippen LogP contribution in [0.2, 0.25) is 0 Å². The number of esters is 1. The molecule has 0 saturated carbocycles. The monoisotopic (exact) mass is 405 g/mol. The van der Waals surface area contributed by atoms with E-state index in [1.807, 2.05) is 48.5 Å². The van der Waals surface area contributed by atoms with Gasteiger partial charge in [0.25, 0.3) is 0 Å². The predicted molar refractivity (Wildman–Crippen MR) is 88.9 cm³/mol. The molecule has 1 aliphatic rings. The Morgan fingerprint density at radius 1 is 1.00 bits per heavy atom. The number of halogens is 2. The highest BCUT2D eigenvalue weighted by molar-refractivity contribution is 9.10. The Hall–Kier alpha value is -1.72. The number of carbonyl (C=O) groups excluding carboxylic acids is 1. The van der Waals surface area contributed by atoms with Gasteiger partial charge in [-0.3, -0.25) is 0 Å². The first kappa shape index (κ1) is 14.2. The number of rotatable bonds is 2. The van der Waals surface area contributed by atoms with E-state index in [1.165, 1.54) is 0 Å². The zero-order valence-electron chi connectivity index (χ0n) is 10.7. The number of cyclic esters (lactones) is 1. The van der Waals surface area contributed by atoms with Gasteiger partial charge in [0.05, 0.1) is 5.56 Å². The van der Waals surface area contributed by atoms with Crippen LogP contribution in [0.1, 0.15) is 11.1 Å². The fourth-order valence-electron chi connectivity index (χ4n) is 1.88. The van der Waals surface area contributed by atoms with E-state index in [2.05, 4.69) is 36.9 Å². The van der Waals surface area contributed by atoms with Gasteiger partial charge in [0.2, 0.25) is 5.90 Å². The van der Waals surface area contributed by atoms with Crippen molar-refractivity contribution < 1.29 is 9.53 Å². The number of benzene rings is 2. The van der Waals surface area contributed by atoms with E-state index in [0.717, 1.165) is 20.1 Å². The zero-order valence-corrected chi connectivity index (χ0v) is 13.9. The second kappa shape index (κ2) is 5.95. The molecule has 0 aromatic heterocycles. The molecule has 0 radical (unpaired) electrons. The lowest BCUT2D eigenvalue weighted by molar-refractivity contribution is -0.129. The molecule has 2 aromatic rings. The zero-order chi connectivity index (χ0) is 14.8. The van der Waals surface area contributed by atoms with Crippen LogP contribution < -0.4 is 0 Å². The molecule has 3 nitrogen and oxygen atoms in total. The SMILES string of the molecule is O=C1OC(c2ccccc2Br)=NC1=Cc1ccc(Br)cc1. The second-order valence-corrected chi connectivity index (χ2v) is 6.14. The largest absolute Gasteiger partial charge is 0.402 e. The van der Waals surface area contributed by atoms with E-state index < -0.39 is 5.97 Å². The number of carbonyl (C=O) groups is 1. The number of ether oxygens (including phenoxy) is 1. The number of aliphatic imine (C=N–C) groups is 1. The van der Waals surface area contributed by atoms with Gasteiger partial charge in [-0.1, -0.05) is 40.2 Å². The van der Waals surface area contributed by atoms with Crippen molar-refractivity contribution in [1.29, 1.82) is 0 Å². The van der Waals surface area contributed by atoms with Gasteiger partial charge in [-0.2, -0.15) is 0 Å². The molecule has 0 saturated heterocycles. The topological polar surface area (TPSA) is 38.7 Å². The molecule has 0 aliphatic carbocycles. The summed E-state index contributed by atoms with van der Waals surface area (Å²) in [5.74, 6) is -0.125. The van der Waals surface area contributed by atoms with Crippen LogP contribution in [-0.4, -0.2) is 11.9 Å². The van der Waals surface area contributed by atoms with Crippen molar-refractivity contribution in [1.82, 2.24) is 0 Å². The van der Waals surface area contributed by atoms with Crippen LogP contribution in [0.4, 0.5) is 0 Å². The molecule has 3 rings (SSSR count). The Labute approximate surface area is 138 Å². The fraction of sp³-hybridized carbons (Fsp3) is 0. The van der Waals surface area contributed by atoms with Crippen molar-refractivity contribution in [3.8, 4) is 0 Å². The maximum absolute atomic E-state index is 11.9. The minimum atomic E-state index is -0.441. The average Bonchev–Trinajstić information content (AvgIpc) is 2.83. The first-order valence-corrected chi connectivity index (χ1v) is 7.75. The Kier molecular flexibility index (Phi) is 4.03. The summed E-state index contributed by atoms with van der Waals surface area (Å²) in [6.45, 7) is 0. The summed E-state index contributed by atoms with van der Waals surface area (Å²) in [5.41, 5.74) is 1.94. The minimum absolute atomic E-state index is 0.295. The molecule has 1 aliphatic heterocycles. The minimum Gasteiger partial charge on any atom is -0.402 e. The Balaban J connectivity index is 1.96. The lowest BCUT2D eigenvalue weighted by atomic mass is 10.2. The van der Waals surface area contributed by atoms with Gasteiger partial charge in [0.1, 0.15) is 0 Å². The molecule has 0 bridgehead atoms. The van der Waals surface area contributed by atoms with Crippen LogP contribution in [-0.2, 0) is 9.53 Å². The van der Waals surface area contributed by atoms with Crippen molar-refractivity contribution in [2.45, 2.75) is 0 Å². The summed E-state index contributed by atoms with van der Waals surface area (Å²) in [4.78, 5) is 16.2. The first-order valence-electron chi connectivity index (χ1n) is 6.16. The van der Waals surface area contributed by atoms with Gasteiger partial charge >= 0.3 is 5.97 Å². The molecule has 21 heavy (non-hydrogen) atoms. The Morgan fingerprint density at radius 3 is 2.43 bits per heavy atom. The summed E-state index contributed by atoms with van der Waals surface area (Å²) < 4.78 is 7.06. The smallest absolute Gasteiger partial charge is 0.363 e. The third-order valence-electron chi connectivity index (χ3n) is 2.90. The second-order valence-electron chi connectivity index (χ2n) is 4.37. The summed E-state index contributed by atoms with van der Waals surface area (Å²) in [6.07, 6.45) is 1.71. The number of hydrogen-bond donors (Lipinski definition) is 0. The first-order chi connectivity index (χ1) is 10.1. The van der Waals surface area contributed by atoms with Gasteiger partial charge in [0.15, 0.2) is 5.70 Å². The van der Waals surface area contributed by atoms with Crippen molar-refractivity contribution in [3.63, 3.8) is 0 Å². The van der Waals surface area contributed by atoms with E-state index >= 15 is 0 Å². The molecule has 2 aromatic carbocycles. The number of hydrogen-bond acceptors (Lipinski definition) is 3. The summed E-state index contributed by atoms with van der Waals surface area (Å²) in [6, 6.07) is 15.1. The van der Waals surface area contributed by atoms with Crippen LogP contribution in [0.3, 0.4) is 0 Å². The van der Waals surface area contributed by atoms with E-state index in [9.17, 15) is 4.79 Å². The average molecular weight is 407 g/mol. The molecule has 1 heterocycles. The van der Waals surface area contributed by atoms with Gasteiger partial charge in [-0.05, 0) is 51.8 Å². The molecule has 104 valence electrons. The molecule has 5 heteroatoms. The molecule has 0 fully saturated rings. The summed E-state index contributed by atoms with van der Waals surface area (Å²) >= 11 is 6.80. The highest BCUT2D eigenvalue weighted by Crippen LogP contribution is 2.24. The van der Waals surface area contributed by atoms with Gasteiger partial charge in [0, 0.05) is 8.95 Å². The molecular weight excluding hydrogens is 398 g/mol. The van der Waals surface area contributed by atoms with E-state index in [0.29, 0.717) is 11.6 Å². The standard InChI is InChI=1S/C16H9Br2NO2/c17-11-7-5-10(6-8-11)9-14-16(20)21-15(19-14)12-3-1-2-4-13(12)18/h1-9H. The van der Waals surface area contributed by atoms with Gasteiger partial charge in [-0.25, -0.2) is 9.79 Å². The Morgan fingerprint density at radius 2 is 1.71 bits per heavy atom. The Bertz CT molecular complexity index is 764. The van der Waals surface area contributed by atoms with Crippen molar-refractivity contribution >= 4 is 49.8 Å². The number of nitrogens with zero attached hydrogens (tertiary/aromatic N) is 1. The predicted octanol–water partition coefficient (Wildman–Crippen LogP) is 4.56. The molecular formula is C16H9Br2NO2. The molecule has 0 amide bonds. The van der Waals surface area contributed by atoms with Crippen LogP contribution in [0.25, 0.3) is 6.08 Å². The van der Waals surface area contributed by atoms with E-state index in [1.54, 1.807) is 6.08 Å². The lowest BCUT2D eigenvalue weighted by Gasteiger charge is -2.01. The van der Waals surface area contributed by atoms with Crippen LogP contribution in [0, 0.1) is 0 Å². The third-order valence-corrected chi connectivity index (χ3v) is 4.12. The van der Waals surface area contributed by atoms with Crippen molar-refractivity contribution in [3.05, 3.63) is 74.3 Å². The van der Waals surface area contributed by atoms with Gasteiger partial charge < -0.3 is 4.74 Å². The maximum atomic E-state index is 11.9. The maximum Gasteiger partial charge on any atom is 0.363 e. The van der Waals surface area contributed by atoms with Crippen LogP contribution in [0.15, 0.2) is 68.2 Å². The summed E-state index contributed by atoms with van der Waals surface area (Å²) in [5, 5.41) is 0. The lowest BCUT2D eigenvalue weighted by Crippen LogP contribution is -2.05. The highest BCUT2D eigenvalue weighted by atomic mass is 79.9. The van der Waals surface area contributed by atoms with Crippen molar-refractivity contribution in [2.75, 3.05) is 0 Å². The third kappa shape index (κ3) is 3.14. The van der Waals surface area contributed by atoms with Gasteiger partial charge in [-0.15, -0.1) is 0 Å². The van der Waals surface area contributed by atoms with Crippen LogP contribution >= 0.6 is 31.9 Å². The molecule has 0 spiro atoms. The molecule has 0 N–H and O–H groups in total. The van der Waals surface area contributed by atoms with Crippen molar-refractivity contribution in [2.24, 2.45) is 4.99 Å². The van der Waals surface area contributed by atoms with E-state index in [-0.39, 0.29) is 0 Å². The quantitative estimate of drug-likeness (QED) is 0.541. The molecule has 0 unspecified atom stereocenters. The molecule has 0 atom stereocenters. The van der Waals surface area contributed by atoms with Crippen LogP contribution in [0.5, 0.6) is 0 Å². The highest BCUT2D eigenvalue weighted by Gasteiger charge is 2.25. The normalized spacial score (nSPS) is 16.0.